The van der Waals surface area contributed by atoms with Crippen molar-refractivity contribution in [3.63, 3.8) is 0 Å². The lowest BCUT2D eigenvalue weighted by atomic mass is 9.93. The number of hydrogen-bond acceptors (Lipinski definition) is 4. The van der Waals surface area contributed by atoms with Crippen molar-refractivity contribution in [1.82, 2.24) is 20.2 Å². The van der Waals surface area contributed by atoms with E-state index in [9.17, 15) is 0 Å². The number of tetrazole rings is 1. The molecule has 0 unspecified atom stereocenters. The number of anilines is 1. The number of nitrogens with zero attached hydrogens (tertiary/aromatic N) is 4. The number of aromatic nitrogens is 4. The van der Waals surface area contributed by atoms with Crippen LogP contribution in [0.4, 0.5) is 5.69 Å². The van der Waals surface area contributed by atoms with Gasteiger partial charge in [0, 0.05) is 5.56 Å². The SMILES string of the molecule is Nc1ccc(-c2nnnn2C2CCC2)cc1Cl. The van der Waals surface area contributed by atoms with E-state index in [-0.39, 0.29) is 0 Å². The first-order chi connectivity index (χ1) is 8.25. The molecular formula is C11H12ClN5. The van der Waals surface area contributed by atoms with Gasteiger partial charge in [-0.3, -0.25) is 0 Å². The third kappa shape index (κ3) is 1.76. The fraction of sp³-hybridized carbons (Fsp3) is 0.364. The summed E-state index contributed by atoms with van der Waals surface area (Å²) in [6.45, 7) is 0. The predicted octanol–water partition coefficient (Wildman–Crippen LogP) is 2.30. The molecule has 0 aliphatic heterocycles. The Labute approximate surface area is 104 Å². The van der Waals surface area contributed by atoms with Crippen molar-refractivity contribution in [3.05, 3.63) is 23.2 Å². The largest absolute Gasteiger partial charge is 0.398 e. The molecule has 1 heterocycles. The third-order valence-electron chi connectivity index (χ3n) is 3.17. The summed E-state index contributed by atoms with van der Waals surface area (Å²) in [5, 5.41) is 12.4. The van der Waals surface area contributed by atoms with E-state index in [1.54, 1.807) is 12.1 Å². The maximum absolute atomic E-state index is 6.01. The highest BCUT2D eigenvalue weighted by Gasteiger charge is 2.24. The molecule has 2 N–H and O–H groups in total. The summed E-state index contributed by atoms with van der Waals surface area (Å²) >= 11 is 6.01. The highest BCUT2D eigenvalue weighted by Crippen LogP contribution is 2.34. The quantitative estimate of drug-likeness (QED) is 0.829. The molecule has 1 saturated carbocycles. The molecule has 1 fully saturated rings. The van der Waals surface area contributed by atoms with E-state index in [0.717, 1.165) is 24.2 Å². The van der Waals surface area contributed by atoms with Crippen molar-refractivity contribution in [1.29, 1.82) is 0 Å². The lowest BCUT2D eigenvalue weighted by molar-refractivity contribution is 0.287. The van der Waals surface area contributed by atoms with Crippen LogP contribution in [-0.2, 0) is 0 Å². The Bertz CT molecular complexity index is 547. The van der Waals surface area contributed by atoms with Gasteiger partial charge in [0.2, 0.25) is 0 Å². The number of nitrogens with two attached hydrogens (primary N) is 1. The summed E-state index contributed by atoms with van der Waals surface area (Å²) in [6, 6.07) is 5.90. The fourth-order valence-electron chi connectivity index (χ4n) is 1.93. The Morgan fingerprint density at radius 1 is 1.35 bits per heavy atom. The van der Waals surface area contributed by atoms with Crippen LogP contribution in [0.5, 0.6) is 0 Å². The molecule has 1 aromatic carbocycles. The van der Waals surface area contributed by atoms with Gasteiger partial charge >= 0.3 is 0 Å². The third-order valence-corrected chi connectivity index (χ3v) is 3.50. The molecule has 1 aliphatic carbocycles. The average molecular weight is 250 g/mol. The molecule has 6 heteroatoms. The van der Waals surface area contributed by atoms with Crippen LogP contribution in [0.15, 0.2) is 18.2 Å². The molecule has 88 valence electrons. The monoisotopic (exact) mass is 249 g/mol. The van der Waals surface area contributed by atoms with Crippen molar-refractivity contribution < 1.29 is 0 Å². The second-order valence-corrected chi connectivity index (χ2v) is 4.68. The summed E-state index contributed by atoms with van der Waals surface area (Å²) in [5.41, 5.74) is 7.16. The van der Waals surface area contributed by atoms with Gasteiger partial charge in [0.1, 0.15) is 0 Å². The second kappa shape index (κ2) is 4.00. The second-order valence-electron chi connectivity index (χ2n) is 4.27. The van der Waals surface area contributed by atoms with E-state index in [2.05, 4.69) is 15.5 Å². The molecule has 0 radical (unpaired) electrons. The molecule has 17 heavy (non-hydrogen) atoms. The van der Waals surface area contributed by atoms with E-state index in [1.165, 1.54) is 6.42 Å². The van der Waals surface area contributed by atoms with Crippen LogP contribution in [-0.4, -0.2) is 20.2 Å². The standard InChI is InChI=1S/C11H12ClN5/c12-9-6-7(4-5-10(9)13)11-14-15-16-17(11)8-2-1-3-8/h4-6,8H,1-3,13H2. The first-order valence-corrected chi connectivity index (χ1v) is 5.97. The van der Waals surface area contributed by atoms with Crippen LogP contribution in [0.1, 0.15) is 25.3 Å². The van der Waals surface area contributed by atoms with Gasteiger partial charge in [-0.15, -0.1) is 5.10 Å². The summed E-state index contributed by atoms with van der Waals surface area (Å²) < 4.78 is 1.88. The zero-order valence-corrected chi connectivity index (χ0v) is 9.93. The number of hydrogen-bond donors (Lipinski definition) is 1. The van der Waals surface area contributed by atoms with Crippen molar-refractivity contribution in [3.8, 4) is 11.4 Å². The topological polar surface area (TPSA) is 69.6 Å². The maximum Gasteiger partial charge on any atom is 0.182 e. The molecule has 0 spiro atoms. The van der Waals surface area contributed by atoms with E-state index < -0.39 is 0 Å². The number of halogens is 1. The van der Waals surface area contributed by atoms with Gasteiger partial charge < -0.3 is 5.73 Å². The summed E-state index contributed by atoms with van der Waals surface area (Å²) in [5.74, 6) is 0.761. The predicted molar refractivity (Wildman–Crippen MR) is 65.6 cm³/mol. The normalized spacial score (nSPS) is 15.8. The molecule has 1 aromatic heterocycles. The van der Waals surface area contributed by atoms with Crippen LogP contribution in [0, 0.1) is 0 Å². The zero-order valence-electron chi connectivity index (χ0n) is 9.17. The van der Waals surface area contributed by atoms with Crippen LogP contribution in [0.3, 0.4) is 0 Å². The lowest BCUT2D eigenvalue weighted by Crippen LogP contribution is -2.19. The molecule has 0 bridgehead atoms. The Morgan fingerprint density at radius 3 is 2.82 bits per heavy atom. The molecule has 1 aliphatic rings. The minimum absolute atomic E-state index is 0.427. The van der Waals surface area contributed by atoms with Crippen molar-refractivity contribution in [2.45, 2.75) is 25.3 Å². The highest BCUT2D eigenvalue weighted by atomic mass is 35.5. The molecule has 3 rings (SSSR count). The lowest BCUT2D eigenvalue weighted by Gasteiger charge is -2.25. The highest BCUT2D eigenvalue weighted by molar-refractivity contribution is 6.33. The zero-order chi connectivity index (χ0) is 11.8. The van der Waals surface area contributed by atoms with Crippen LogP contribution < -0.4 is 5.73 Å². The maximum atomic E-state index is 6.01. The molecule has 0 saturated heterocycles. The Morgan fingerprint density at radius 2 is 2.18 bits per heavy atom. The van der Waals surface area contributed by atoms with E-state index in [4.69, 9.17) is 17.3 Å². The minimum Gasteiger partial charge on any atom is -0.398 e. The minimum atomic E-state index is 0.427. The Kier molecular flexibility index (Phi) is 2.48. The van der Waals surface area contributed by atoms with Gasteiger partial charge in [-0.05, 0) is 47.9 Å². The van der Waals surface area contributed by atoms with Crippen LogP contribution >= 0.6 is 11.6 Å². The van der Waals surface area contributed by atoms with Gasteiger partial charge in [-0.2, -0.15) is 0 Å². The molecule has 5 nitrogen and oxygen atoms in total. The van der Waals surface area contributed by atoms with Crippen LogP contribution in [0.25, 0.3) is 11.4 Å². The van der Waals surface area contributed by atoms with Crippen molar-refractivity contribution >= 4 is 17.3 Å². The summed E-state index contributed by atoms with van der Waals surface area (Å²) in [4.78, 5) is 0. The van der Waals surface area contributed by atoms with Crippen molar-refractivity contribution in [2.24, 2.45) is 0 Å². The number of rotatable bonds is 2. The van der Waals surface area contributed by atoms with Gasteiger partial charge in [0.05, 0.1) is 16.8 Å². The summed E-state index contributed by atoms with van der Waals surface area (Å²) in [6.07, 6.45) is 3.52. The fourth-order valence-corrected chi connectivity index (χ4v) is 2.11. The Balaban J connectivity index is 2.02. The Hall–Kier alpha value is -1.62. The van der Waals surface area contributed by atoms with Gasteiger partial charge in [-0.25, -0.2) is 4.68 Å². The smallest absolute Gasteiger partial charge is 0.182 e. The van der Waals surface area contributed by atoms with Crippen LogP contribution in [0.2, 0.25) is 5.02 Å². The first kappa shape index (κ1) is 10.5. The van der Waals surface area contributed by atoms with Crippen molar-refractivity contribution in [2.75, 3.05) is 5.73 Å². The molecule has 0 atom stereocenters. The number of benzene rings is 1. The van der Waals surface area contributed by atoms with E-state index >= 15 is 0 Å². The molecular weight excluding hydrogens is 238 g/mol. The average Bonchev–Trinajstić information content (AvgIpc) is 2.68. The molecule has 2 aromatic rings. The number of nitrogen functional groups attached to an aromatic ring is 1. The first-order valence-electron chi connectivity index (χ1n) is 5.59. The van der Waals surface area contributed by atoms with Gasteiger partial charge in [0.25, 0.3) is 0 Å². The van der Waals surface area contributed by atoms with Gasteiger partial charge in [0.15, 0.2) is 5.82 Å². The van der Waals surface area contributed by atoms with E-state index in [0.29, 0.717) is 16.8 Å². The van der Waals surface area contributed by atoms with Gasteiger partial charge in [-0.1, -0.05) is 11.6 Å². The summed E-state index contributed by atoms with van der Waals surface area (Å²) in [7, 11) is 0. The molecule has 0 amide bonds. The van der Waals surface area contributed by atoms with E-state index in [1.807, 2.05) is 10.7 Å².